The minimum atomic E-state index is -0.208. The van der Waals surface area contributed by atoms with Gasteiger partial charge >= 0.3 is 5.56 Å². The topological polar surface area (TPSA) is 81.3 Å². The molecule has 3 aromatic rings. The highest BCUT2D eigenvalue weighted by Crippen LogP contribution is 2.13. The van der Waals surface area contributed by atoms with Crippen LogP contribution in [-0.2, 0) is 11.2 Å². The van der Waals surface area contributed by atoms with Crippen molar-refractivity contribution >= 4 is 11.6 Å². The Morgan fingerprint density at radius 2 is 1.96 bits per heavy atom. The van der Waals surface area contributed by atoms with Crippen LogP contribution in [0.3, 0.4) is 0 Å². The number of fused-ring (bicyclic) bond motifs is 1. The van der Waals surface area contributed by atoms with Crippen LogP contribution in [0.5, 0.6) is 0 Å². The minimum Gasteiger partial charge on any atom is -0.356 e. The van der Waals surface area contributed by atoms with Gasteiger partial charge in [-0.3, -0.25) is 18.6 Å². The van der Waals surface area contributed by atoms with Crippen molar-refractivity contribution < 1.29 is 4.79 Å². The van der Waals surface area contributed by atoms with Crippen LogP contribution >= 0.6 is 0 Å². The number of amides is 1. The van der Waals surface area contributed by atoms with Crippen molar-refractivity contribution in [1.82, 2.24) is 24.5 Å². The molecule has 27 heavy (non-hydrogen) atoms. The van der Waals surface area contributed by atoms with Crippen LogP contribution in [0.25, 0.3) is 11.3 Å². The van der Waals surface area contributed by atoms with Crippen molar-refractivity contribution in [2.45, 2.75) is 46.5 Å². The summed E-state index contributed by atoms with van der Waals surface area (Å²) < 4.78 is 3.29. The number of rotatable bonds is 7. The molecule has 0 spiro atoms. The first-order chi connectivity index (χ1) is 13.0. The fourth-order valence-electron chi connectivity index (χ4n) is 2.94. The molecule has 0 radical (unpaired) electrons. The van der Waals surface area contributed by atoms with Crippen LogP contribution in [-0.4, -0.2) is 31.6 Å². The second-order valence-corrected chi connectivity index (χ2v) is 6.76. The molecule has 0 aliphatic rings. The molecule has 1 amide bonds. The minimum absolute atomic E-state index is 0.0442. The second-order valence-electron chi connectivity index (χ2n) is 6.76. The smallest absolute Gasteiger partial charge is 0.300 e. The Balaban J connectivity index is 1.79. The molecule has 7 heteroatoms. The number of aryl methyl sites for hydroxylation is 3. The van der Waals surface area contributed by atoms with Gasteiger partial charge in [-0.15, -0.1) is 10.2 Å². The monoisotopic (exact) mass is 367 g/mol. The number of benzene rings is 1. The highest BCUT2D eigenvalue weighted by Gasteiger charge is 2.12. The summed E-state index contributed by atoms with van der Waals surface area (Å²) in [7, 11) is 0. The third kappa shape index (κ3) is 4.07. The van der Waals surface area contributed by atoms with Crippen molar-refractivity contribution in [2.75, 3.05) is 6.54 Å². The highest BCUT2D eigenvalue weighted by atomic mass is 16.1. The van der Waals surface area contributed by atoms with Crippen LogP contribution in [0, 0.1) is 13.8 Å². The molecule has 0 unspecified atom stereocenters. The van der Waals surface area contributed by atoms with E-state index >= 15 is 0 Å². The van der Waals surface area contributed by atoms with Gasteiger partial charge in [0.2, 0.25) is 11.6 Å². The molecule has 7 nitrogen and oxygen atoms in total. The van der Waals surface area contributed by atoms with Crippen LogP contribution in [0.4, 0.5) is 0 Å². The Kier molecular flexibility index (Phi) is 5.69. The van der Waals surface area contributed by atoms with Crippen molar-refractivity contribution in [3.8, 4) is 5.69 Å². The standard InChI is InChI=1S/C20H25N5O2/c1-4-10-21-18(26)7-5-6-17-22-23-19-20(27)24(11-12-25(17)19)16-9-8-14(2)15(3)13-16/h8-9,11-13H,4-7,10H2,1-3H3,(H,21,26). The molecule has 0 saturated carbocycles. The molecule has 2 aromatic heterocycles. The largest absolute Gasteiger partial charge is 0.356 e. The zero-order valence-corrected chi connectivity index (χ0v) is 16.0. The molecule has 2 heterocycles. The number of carbonyl (C=O) groups excluding carboxylic acids is 1. The van der Waals surface area contributed by atoms with E-state index in [1.807, 2.05) is 39.0 Å². The molecular formula is C20H25N5O2. The number of aromatic nitrogens is 4. The van der Waals surface area contributed by atoms with Gasteiger partial charge in [-0.2, -0.15) is 0 Å². The lowest BCUT2D eigenvalue weighted by Crippen LogP contribution is -2.23. The first-order valence-electron chi connectivity index (χ1n) is 9.31. The molecule has 3 rings (SSSR count). The third-order valence-electron chi connectivity index (χ3n) is 4.69. The zero-order valence-electron chi connectivity index (χ0n) is 16.0. The van der Waals surface area contributed by atoms with E-state index in [-0.39, 0.29) is 11.5 Å². The molecule has 142 valence electrons. The summed E-state index contributed by atoms with van der Waals surface area (Å²) in [5.41, 5.74) is 3.20. The zero-order chi connectivity index (χ0) is 19.4. The summed E-state index contributed by atoms with van der Waals surface area (Å²) in [5.74, 6) is 0.736. The summed E-state index contributed by atoms with van der Waals surface area (Å²) in [6.45, 7) is 6.78. The van der Waals surface area contributed by atoms with Crippen LogP contribution < -0.4 is 10.9 Å². The molecule has 1 aromatic carbocycles. The van der Waals surface area contributed by atoms with E-state index < -0.39 is 0 Å². The van der Waals surface area contributed by atoms with E-state index in [0.717, 1.165) is 17.7 Å². The Morgan fingerprint density at radius 1 is 1.15 bits per heavy atom. The Morgan fingerprint density at radius 3 is 2.70 bits per heavy atom. The molecule has 0 bridgehead atoms. The molecule has 0 atom stereocenters. The van der Waals surface area contributed by atoms with Gasteiger partial charge in [0.1, 0.15) is 5.82 Å². The quantitative estimate of drug-likeness (QED) is 0.695. The molecule has 0 aliphatic heterocycles. The van der Waals surface area contributed by atoms with Gasteiger partial charge in [-0.05, 0) is 49.9 Å². The van der Waals surface area contributed by atoms with E-state index in [0.29, 0.717) is 37.3 Å². The Labute approximate surface area is 158 Å². The number of carbonyl (C=O) groups is 1. The predicted molar refractivity (Wildman–Crippen MR) is 104 cm³/mol. The molecule has 0 aliphatic carbocycles. The van der Waals surface area contributed by atoms with E-state index in [1.165, 1.54) is 5.56 Å². The van der Waals surface area contributed by atoms with Gasteiger partial charge in [-0.25, -0.2) is 0 Å². The van der Waals surface area contributed by atoms with Crippen molar-refractivity contribution in [3.05, 3.63) is 57.9 Å². The summed E-state index contributed by atoms with van der Waals surface area (Å²) in [6.07, 6.45) is 6.16. The first kappa shape index (κ1) is 18.8. The van der Waals surface area contributed by atoms with E-state index in [4.69, 9.17) is 0 Å². The normalized spacial score (nSPS) is 11.1. The van der Waals surface area contributed by atoms with Gasteiger partial charge < -0.3 is 5.32 Å². The fourth-order valence-corrected chi connectivity index (χ4v) is 2.94. The van der Waals surface area contributed by atoms with E-state index in [9.17, 15) is 9.59 Å². The van der Waals surface area contributed by atoms with Crippen molar-refractivity contribution in [3.63, 3.8) is 0 Å². The van der Waals surface area contributed by atoms with Gasteiger partial charge in [0.05, 0.1) is 0 Å². The molecular weight excluding hydrogens is 342 g/mol. The number of hydrogen-bond donors (Lipinski definition) is 1. The van der Waals surface area contributed by atoms with E-state index in [2.05, 4.69) is 15.5 Å². The SMILES string of the molecule is CCCNC(=O)CCCc1nnc2c(=O)n(-c3ccc(C)c(C)c3)ccn12. The predicted octanol–water partition coefficient (Wildman–Crippen LogP) is 2.35. The van der Waals surface area contributed by atoms with Crippen molar-refractivity contribution in [2.24, 2.45) is 0 Å². The summed E-state index contributed by atoms with van der Waals surface area (Å²) in [6, 6.07) is 5.91. The van der Waals surface area contributed by atoms with Crippen molar-refractivity contribution in [1.29, 1.82) is 0 Å². The first-order valence-corrected chi connectivity index (χ1v) is 9.31. The van der Waals surface area contributed by atoms with Crippen LogP contribution in [0.15, 0.2) is 35.4 Å². The Hall–Kier alpha value is -2.96. The summed E-state index contributed by atoms with van der Waals surface area (Å²) >= 11 is 0. The van der Waals surface area contributed by atoms with Gasteiger partial charge in [0.15, 0.2) is 0 Å². The lowest BCUT2D eigenvalue weighted by Gasteiger charge is -2.09. The maximum Gasteiger partial charge on any atom is 0.300 e. The average Bonchev–Trinajstić information content (AvgIpc) is 3.07. The lowest BCUT2D eigenvalue weighted by atomic mass is 10.1. The maximum atomic E-state index is 12.8. The molecule has 0 fully saturated rings. The Bertz CT molecular complexity index is 1020. The number of hydrogen-bond acceptors (Lipinski definition) is 4. The van der Waals surface area contributed by atoms with Gasteiger partial charge in [-0.1, -0.05) is 13.0 Å². The number of nitrogens with zero attached hydrogens (tertiary/aromatic N) is 4. The molecule has 0 saturated heterocycles. The average molecular weight is 367 g/mol. The van der Waals surface area contributed by atoms with Gasteiger partial charge in [0, 0.05) is 37.5 Å². The maximum absolute atomic E-state index is 12.8. The van der Waals surface area contributed by atoms with Crippen LogP contribution in [0.1, 0.15) is 43.1 Å². The molecule has 1 N–H and O–H groups in total. The van der Waals surface area contributed by atoms with Crippen LogP contribution in [0.2, 0.25) is 0 Å². The fraction of sp³-hybridized carbons (Fsp3) is 0.400. The van der Waals surface area contributed by atoms with Gasteiger partial charge in [0.25, 0.3) is 0 Å². The van der Waals surface area contributed by atoms with E-state index in [1.54, 1.807) is 21.4 Å². The number of nitrogens with one attached hydrogen (secondary N) is 1. The summed E-state index contributed by atoms with van der Waals surface area (Å²) in [4.78, 5) is 24.5. The third-order valence-corrected chi connectivity index (χ3v) is 4.69. The second kappa shape index (κ2) is 8.16. The highest BCUT2D eigenvalue weighted by molar-refractivity contribution is 5.75. The lowest BCUT2D eigenvalue weighted by molar-refractivity contribution is -0.121. The summed E-state index contributed by atoms with van der Waals surface area (Å²) in [5, 5.41) is 11.1.